The highest BCUT2D eigenvalue weighted by atomic mass is 32.1. The van der Waals surface area contributed by atoms with Gasteiger partial charge in [0, 0.05) is 16.7 Å². The van der Waals surface area contributed by atoms with E-state index in [-0.39, 0.29) is 18.3 Å². The van der Waals surface area contributed by atoms with E-state index >= 15 is 0 Å². The molecule has 1 N–H and O–H groups in total. The summed E-state index contributed by atoms with van der Waals surface area (Å²) >= 11 is 3.06. The summed E-state index contributed by atoms with van der Waals surface area (Å²) in [4.78, 5) is 35.8. The molecule has 26 heavy (non-hydrogen) atoms. The molecule has 0 atom stereocenters. The molecule has 0 aliphatic heterocycles. The lowest BCUT2D eigenvalue weighted by Crippen LogP contribution is -2.18. The second-order valence-electron chi connectivity index (χ2n) is 6.10. The summed E-state index contributed by atoms with van der Waals surface area (Å²) < 4.78 is 5.77. The van der Waals surface area contributed by atoms with Crippen LogP contribution in [0.3, 0.4) is 0 Å². The van der Waals surface area contributed by atoms with Crippen LogP contribution in [0.5, 0.6) is 5.88 Å². The quantitative estimate of drug-likeness (QED) is 0.657. The zero-order valence-electron chi connectivity index (χ0n) is 14.2. The maximum absolute atomic E-state index is 12.4. The van der Waals surface area contributed by atoms with E-state index in [0.29, 0.717) is 17.3 Å². The van der Waals surface area contributed by atoms with Gasteiger partial charge in [-0.1, -0.05) is 0 Å². The highest BCUT2D eigenvalue weighted by molar-refractivity contribution is 7.19. The smallest absolute Gasteiger partial charge is 0.226 e. The van der Waals surface area contributed by atoms with Crippen LogP contribution in [0.15, 0.2) is 18.5 Å². The van der Waals surface area contributed by atoms with Crippen LogP contribution in [0.4, 0.5) is 0 Å². The number of nitrogens with zero attached hydrogens (tertiary/aromatic N) is 2. The second-order valence-corrected chi connectivity index (χ2v) is 8.36. The van der Waals surface area contributed by atoms with Gasteiger partial charge in [0.05, 0.1) is 16.8 Å². The molecule has 0 unspecified atom stereocenters. The summed E-state index contributed by atoms with van der Waals surface area (Å²) in [5, 5.41) is 3.69. The Bertz CT molecular complexity index is 993. The van der Waals surface area contributed by atoms with Crippen molar-refractivity contribution in [2.75, 3.05) is 6.61 Å². The van der Waals surface area contributed by atoms with E-state index in [1.54, 1.807) is 17.4 Å². The lowest BCUT2D eigenvalue weighted by atomic mass is 10.2. The van der Waals surface area contributed by atoms with Crippen molar-refractivity contribution in [1.29, 1.82) is 0 Å². The molecule has 4 rings (SSSR count). The van der Waals surface area contributed by atoms with Gasteiger partial charge in [-0.05, 0) is 37.0 Å². The lowest BCUT2D eigenvalue weighted by Gasteiger charge is -2.06. The summed E-state index contributed by atoms with van der Waals surface area (Å²) in [5.74, 6) is 0.311. The fourth-order valence-corrected chi connectivity index (χ4v) is 5.14. The van der Waals surface area contributed by atoms with Crippen molar-refractivity contribution in [1.82, 2.24) is 15.3 Å². The monoisotopic (exact) mass is 387 g/mol. The van der Waals surface area contributed by atoms with Crippen LogP contribution in [0.2, 0.25) is 0 Å². The molecule has 1 aliphatic rings. The van der Waals surface area contributed by atoms with E-state index < -0.39 is 0 Å². The van der Waals surface area contributed by atoms with Gasteiger partial charge in [0.2, 0.25) is 17.6 Å². The number of ether oxygens (including phenoxy) is 1. The van der Waals surface area contributed by atoms with Crippen molar-refractivity contribution in [2.24, 2.45) is 0 Å². The third-order valence-corrected chi connectivity index (χ3v) is 6.58. The number of carbonyl (C=O) groups excluding carboxylic acids is 2. The van der Waals surface area contributed by atoms with Gasteiger partial charge >= 0.3 is 0 Å². The Balaban J connectivity index is 1.47. The van der Waals surface area contributed by atoms with Crippen LogP contribution in [-0.2, 0) is 24.2 Å². The second kappa shape index (κ2) is 7.13. The van der Waals surface area contributed by atoms with E-state index in [1.165, 1.54) is 35.0 Å². The number of hydrogen-bond donors (Lipinski definition) is 1. The molecule has 3 aromatic heterocycles. The number of aryl methyl sites for hydroxylation is 2. The molecule has 6 nitrogen and oxygen atoms in total. The van der Waals surface area contributed by atoms with Gasteiger partial charge in [-0.15, -0.1) is 22.7 Å². The number of hydrogen-bond acceptors (Lipinski definition) is 7. The van der Waals surface area contributed by atoms with Crippen LogP contribution in [0.25, 0.3) is 10.2 Å². The molecule has 0 saturated heterocycles. The standard InChI is InChI=1S/C18H17N3O3S2/c1-10(22)19-7-11-5-6-15(25-11)13(23)8-24-17-16-12-3-2-4-14(12)26-18(16)21-9-20-17/h5-6,9H,2-4,7-8H2,1H3,(H,19,22). The van der Waals surface area contributed by atoms with Crippen molar-refractivity contribution < 1.29 is 14.3 Å². The summed E-state index contributed by atoms with van der Waals surface area (Å²) in [6.07, 6.45) is 4.74. The zero-order chi connectivity index (χ0) is 18.1. The number of aromatic nitrogens is 2. The Morgan fingerprint density at radius 3 is 2.96 bits per heavy atom. The Morgan fingerprint density at radius 2 is 2.12 bits per heavy atom. The highest BCUT2D eigenvalue weighted by Gasteiger charge is 2.22. The molecular weight excluding hydrogens is 370 g/mol. The Kier molecular flexibility index (Phi) is 4.69. The van der Waals surface area contributed by atoms with E-state index in [4.69, 9.17) is 4.74 Å². The average molecular weight is 387 g/mol. The number of amides is 1. The first-order valence-electron chi connectivity index (χ1n) is 8.36. The predicted octanol–water partition coefficient (Wildman–Crippen LogP) is 3.14. The summed E-state index contributed by atoms with van der Waals surface area (Å²) in [5.41, 5.74) is 1.28. The number of rotatable bonds is 6. The number of nitrogens with one attached hydrogen (secondary N) is 1. The van der Waals surface area contributed by atoms with Crippen molar-refractivity contribution in [3.8, 4) is 5.88 Å². The summed E-state index contributed by atoms with van der Waals surface area (Å²) in [6, 6.07) is 3.62. The molecule has 3 aromatic rings. The lowest BCUT2D eigenvalue weighted by molar-refractivity contribution is -0.119. The Morgan fingerprint density at radius 1 is 1.23 bits per heavy atom. The number of fused-ring (bicyclic) bond motifs is 3. The average Bonchev–Trinajstić information content (AvgIpc) is 3.32. The van der Waals surface area contributed by atoms with Crippen molar-refractivity contribution in [3.05, 3.63) is 38.7 Å². The fraction of sp³-hybridized carbons (Fsp3) is 0.333. The van der Waals surface area contributed by atoms with E-state index in [0.717, 1.165) is 34.4 Å². The van der Waals surface area contributed by atoms with Crippen LogP contribution in [0.1, 0.15) is 38.3 Å². The van der Waals surface area contributed by atoms with Crippen LogP contribution in [-0.4, -0.2) is 28.3 Å². The van der Waals surface area contributed by atoms with Gasteiger partial charge < -0.3 is 10.1 Å². The molecule has 0 bridgehead atoms. The molecule has 0 fully saturated rings. The van der Waals surface area contributed by atoms with E-state index in [9.17, 15) is 9.59 Å². The molecule has 134 valence electrons. The predicted molar refractivity (Wildman–Crippen MR) is 101 cm³/mol. The van der Waals surface area contributed by atoms with Crippen LogP contribution in [0, 0.1) is 0 Å². The normalized spacial score (nSPS) is 13.0. The topological polar surface area (TPSA) is 81.2 Å². The summed E-state index contributed by atoms with van der Waals surface area (Å²) in [6.45, 7) is 1.84. The SMILES string of the molecule is CC(=O)NCc1ccc(C(=O)COc2ncnc3sc4c(c23)CCC4)s1. The Labute approximate surface area is 158 Å². The minimum Gasteiger partial charge on any atom is -0.469 e. The molecule has 0 spiro atoms. The Hall–Kier alpha value is -2.32. The number of thiophene rings is 2. The first-order valence-corrected chi connectivity index (χ1v) is 9.99. The third kappa shape index (κ3) is 3.34. The van der Waals surface area contributed by atoms with Gasteiger partial charge in [0.1, 0.15) is 11.2 Å². The van der Waals surface area contributed by atoms with Crippen molar-refractivity contribution >= 4 is 44.6 Å². The van der Waals surface area contributed by atoms with Crippen LogP contribution < -0.4 is 10.1 Å². The maximum atomic E-state index is 12.4. The van der Waals surface area contributed by atoms with Gasteiger partial charge in [-0.2, -0.15) is 0 Å². The molecular formula is C18H17N3O3S2. The third-order valence-electron chi connectivity index (χ3n) is 4.25. The first-order chi connectivity index (χ1) is 12.6. The number of Topliss-reactive ketones (excluding diaryl/α,β-unsaturated/α-hetero) is 1. The van der Waals surface area contributed by atoms with E-state index in [1.807, 2.05) is 6.07 Å². The maximum Gasteiger partial charge on any atom is 0.226 e. The summed E-state index contributed by atoms with van der Waals surface area (Å²) in [7, 11) is 0. The van der Waals surface area contributed by atoms with Crippen molar-refractivity contribution in [3.63, 3.8) is 0 Å². The fourth-order valence-electron chi connectivity index (χ4n) is 3.05. The molecule has 8 heteroatoms. The molecule has 0 saturated carbocycles. The first kappa shape index (κ1) is 17.1. The van der Waals surface area contributed by atoms with Gasteiger partial charge in [-0.3, -0.25) is 9.59 Å². The van der Waals surface area contributed by atoms with Gasteiger partial charge in [0.15, 0.2) is 6.61 Å². The van der Waals surface area contributed by atoms with Crippen LogP contribution >= 0.6 is 22.7 Å². The largest absolute Gasteiger partial charge is 0.469 e. The van der Waals surface area contributed by atoms with Gasteiger partial charge in [0.25, 0.3) is 0 Å². The number of carbonyl (C=O) groups is 2. The van der Waals surface area contributed by atoms with Crippen molar-refractivity contribution in [2.45, 2.75) is 32.7 Å². The zero-order valence-corrected chi connectivity index (χ0v) is 15.8. The highest BCUT2D eigenvalue weighted by Crippen LogP contribution is 2.39. The molecule has 1 amide bonds. The van der Waals surface area contributed by atoms with E-state index in [2.05, 4.69) is 15.3 Å². The van der Waals surface area contributed by atoms with Gasteiger partial charge in [-0.25, -0.2) is 9.97 Å². The number of ketones is 1. The minimum atomic E-state index is -0.0947. The molecule has 1 aliphatic carbocycles. The molecule has 3 heterocycles. The molecule has 0 aromatic carbocycles. The minimum absolute atomic E-state index is 0.0587. The molecule has 0 radical (unpaired) electrons.